The molecule has 2 nitrogen and oxygen atoms in total. The minimum Gasteiger partial charge on any atom is -0.508 e. The van der Waals surface area contributed by atoms with E-state index in [9.17, 15) is 5.11 Å². The van der Waals surface area contributed by atoms with Gasteiger partial charge in [-0.25, -0.2) is 0 Å². The van der Waals surface area contributed by atoms with Gasteiger partial charge in [0.2, 0.25) is 0 Å². The Kier molecular flexibility index (Phi) is 4.06. The molecule has 0 atom stereocenters. The van der Waals surface area contributed by atoms with Crippen molar-refractivity contribution in [3.63, 3.8) is 0 Å². The lowest BCUT2D eigenvalue weighted by Gasteiger charge is -2.33. The van der Waals surface area contributed by atoms with E-state index < -0.39 is 0 Å². The molecule has 17 heavy (non-hydrogen) atoms. The summed E-state index contributed by atoms with van der Waals surface area (Å²) in [5.41, 5.74) is 1.37. The third-order valence-electron chi connectivity index (χ3n) is 3.49. The molecule has 1 aliphatic rings. The minimum absolute atomic E-state index is 0.363. The molecule has 1 N–H and O–H groups in total. The van der Waals surface area contributed by atoms with E-state index in [1.165, 1.54) is 37.4 Å². The largest absolute Gasteiger partial charge is 0.508 e. The predicted octanol–water partition coefficient (Wildman–Crippen LogP) is 3.19. The van der Waals surface area contributed by atoms with Gasteiger partial charge in [0.15, 0.2) is 0 Å². The molecule has 2 rings (SSSR count). The summed E-state index contributed by atoms with van der Waals surface area (Å²) < 4.78 is 0. The fourth-order valence-corrected chi connectivity index (χ4v) is 2.62. The third-order valence-corrected chi connectivity index (χ3v) is 3.49. The number of likely N-dealkylation sites (tertiary alicyclic amines) is 1. The zero-order chi connectivity index (χ0) is 12.3. The molecule has 93 valence electrons. The molecule has 0 bridgehead atoms. The number of phenolic OH excluding ortho intramolecular Hbond substituents is 1. The number of hydrogen-bond donors (Lipinski definition) is 1. The van der Waals surface area contributed by atoms with Gasteiger partial charge in [0.1, 0.15) is 5.75 Å². The Morgan fingerprint density at radius 2 is 1.76 bits per heavy atom. The first-order valence-electron chi connectivity index (χ1n) is 6.45. The van der Waals surface area contributed by atoms with Gasteiger partial charge >= 0.3 is 0 Å². The van der Waals surface area contributed by atoms with Crippen LogP contribution in [0.3, 0.4) is 0 Å². The van der Waals surface area contributed by atoms with Crippen molar-refractivity contribution in [3.05, 3.63) is 35.7 Å². The van der Waals surface area contributed by atoms with Gasteiger partial charge in [0.05, 0.1) is 0 Å². The monoisotopic (exact) mass is 232 g/mol. The van der Waals surface area contributed by atoms with Crippen LogP contribution in [0, 0.1) is 5.92 Å². The Labute approximate surface area is 104 Å². The zero-order valence-electron chi connectivity index (χ0n) is 10.8. The fourth-order valence-electron chi connectivity index (χ4n) is 2.62. The van der Waals surface area contributed by atoms with E-state index in [1.54, 1.807) is 12.1 Å². The molecular formula is C15H22NO. The predicted molar refractivity (Wildman–Crippen MR) is 71.1 cm³/mol. The number of aromatic hydroxyl groups is 1. The molecule has 1 aromatic carbocycles. The number of phenols is 1. The molecule has 0 aliphatic carbocycles. The molecule has 0 aromatic heterocycles. The van der Waals surface area contributed by atoms with Crippen molar-refractivity contribution in [2.45, 2.75) is 32.6 Å². The summed E-state index contributed by atoms with van der Waals surface area (Å²) in [4.78, 5) is 2.53. The van der Waals surface area contributed by atoms with Gasteiger partial charge in [-0.1, -0.05) is 26.0 Å². The molecule has 1 saturated heterocycles. The highest BCUT2D eigenvalue weighted by Crippen LogP contribution is 2.29. The molecule has 1 aliphatic heterocycles. The molecule has 1 heterocycles. The molecule has 1 fully saturated rings. The lowest BCUT2D eigenvalue weighted by molar-refractivity contribution is 0.220. The second-order valence-corrected chi connectivity index (χ2v) is 5.35. The summed E-state index contributed by atoms with van der Waals surface area (Å²) in [5, 5.41) is 9.29. The summed E-state index contributed by atoms with van der Waals surface area (Å²) in [6, 6.07) is 7.72. The van der Waals surface area contributed by atoms with Gasteiger partial charge in [-0.2, -0.15) is 0 Å². The topological polar surface area (TPSA) is 23.5 Å². The summed E-state index contributed by atoms with van der Waals surface area (Å²) in [6.07, 6.45) is 2.47. The summed E-state index contributed by atoms with van der Waals surface area (Å²) in [6.45, 7) is 7.92. The van der Waals surface area contributed by atoms with Crippen LogP contribution in [0.15, 0.2) is 24.3 Å². The molecular weight excluding hydrogens is 210 g/mol. The van der Waals surface area contributed by atoms with E-state index in [0.717, 1.165) is 6.54 Å². The molecule has 0 unspecified atom stereocenters. The molecule has 0 saturated carbocycles. The quantitative estimate of drug-likeness (QED) is 0.865. The second-order valence-electron chi connectivity index (χ2n) is 5.35. The first-order valence-corrected chi connectivity index (χ1v) is 6.45. The van der Waals surface area contributed by atoms with Gasteiger partial charge in [-0.05, 0) is 55.5 Å². The average molecular weight is 232 g/mol. The molecule has 1 aromatic rings. The summed E-state index contributed by atoms with van der Waals surface area (Å²) in [5.74, 6) is 2.53. The molecule has 1 radical (unpaired) electrons. The second kappa shape index (κ2) is 5.54. The number of benzene rings is 1. The van der Waals surface area contributed by atoms with Crippen LogP contribution in [0.4, 0.5) is 0 Å². The van der Waals surface area contributed by atoms with E-state index in [4.69, 9.17) is 0 Å². The van der Waals surface area contributed by atoms with Crippen LogP contribution in [-0.2, 0) is 0 Å². The van der Waals surface area contributed by atoms with Crippen LogP contribution in [0.5, 0.6) is 5.75 Å². The average Bonchev–Trinajstić information content (AvgIpc) is 2.30. The SMILES string of the molecule is C[C](C)CN1CCC(c2ccc(O)cc2)CC1. The molecule has 0 amide bonds. The van der Waals surface area contributed by atoms with Gasteiger partial charge < -0.3 is 10.0 Å². The Hall–Kier alpha value is -1.02. The van der Waals surface area contributed by atoms with Crippen LogP contribution < -0.4 is 0 Å². The lowest BCUT2D eigenvalue weighted by Crippen LogP contribution is -2.35. The lowest BCUT2D eigenvalue weighted by atomic mass is 9.89. The normalized spacial score (nSPS) is 18.8. The highest BCUT2D eigenvalue weighted by molar-refractivity contribution is 5.28. The van der Waals surface area contributed by atoms with Crippen LogP contribution >= 0.6 is 0 Å². The first kappa shape index (κ1) is 12.4. The van der Waals surface area contributed by atoms with E-state index in [2.05, 4.69) is 30.9 Å². The van der Waals surface area contributed by atoms with Crippen LogP contribution in [0.1, 0.15) is 38.2 Å². The van der Waals surface area contributed by atoms with Crippen molar-refractivity contribution in [1.82, 2.24) is 4.90 Å². The summed E-state index contributed by atoms with van der Waals surface area (Å²) >= 11 is 0. The van der Waals surface area contributed by atoms with Crippen LogP contribution in [-0.4, -0.2) is 29.6 Å². The highest BCUT2D eigenvalue weighted by Gasteiger charge is 2.20. The van der Waals surface area contributed by atoms with Crippen molar-refractivity contribution >= 4 is 0 Å². The minimum atomic E-state index is 0.363. The number of piperidine rings is 1. The molecule has 0 spiro atoms. The van der Waals surface area contributed by atoms with Crippen molar-refractivity contribution in [2.24, 2.45) is 0 Å². The van der Waals surface area contributed by atoms with Crippen molar-refractivity contribution < 1.29 is 5.11 Å². The maximum atomic E-state index is 9.29. The Bertz CT molecular complexity index is 336. The van der Waals surface area contributed by atoms with Crippen LogP contribution in [0.2, 0.25) is 0 Å². The smallest absolute Gasteiger partial charge is 0.115 e. The maximum Gasteiger partial charge on any atom is 0.115 e. The van der Waals surface area contributed by atoms with Gasteiger partial charge in [0.25, 0.3) is 0 Å². The fraction of sp³-hybridized carbons (Fsp3) is 0.533. The third kappa shape index (κ3) is 3.47. The van der Waals surface area contributed by atoms with E-state index in [1.807, 2.05) is 0 Å². The van der Waals surface area contributed by atoms with E-state index in [0.29, 0.717) is 11.7 Å². The number of rotatable bonds is 3. The van der Waals surface area contributed by atoms with Gasteiger partial charge in [0, 0.05) is 6.54 Å². The summed E-state index contributed by atoms with van der Waals surface area (Å²) in [7, 11) is 0. The zero-order valence-corrected chi connectivity index (χ0v) is 10.8. The number of hydrogen-bond acceptors (Lipinski definition) is 2. The number of nitrogens with zero attached hydrogens (tertiary/aromatic N) is 1. The van der Waals surface area contributed by atoms with Gasteiger partial charge in [-0.15, -0.1) is 0 Å². The Morgan fingerprint density at radius 1 is 1.18 bits per heavy atom. The standard InChI is InChI=1S/C15H22NO/c1-12(2)11-16-9-7-14(8-10-16)13-3-5-15(17)6-4-13/h3-6,14,17H,7-11H2,1-2H3. The Balaban J connectivity index is 1.88. The van der Waals surface area contributed by atoms with E-state index in [-0.39, 0.29) is 0 Å². The van der Waals surface area contributed by atoms with Crippen molar-refractivity contribution in [2.75, 3.05) is 19.6 Å². The van der Waals surface area contributed by atoms with E-state index >= 15 is 0 Å². The van der Waals surface area contributed by atoms with Crippen molar-refractivity contribution in [3.8, 4) is 5.75 Å². The first-order chi connectivity index (χ1) is 8.15. The molecule has 2 heteroatoms. The maximum absolute atomic E-state index is 9.29. The van der Waals surface area contributed by atoms with Gasteiger partial charge in [-0.3, -0.25) is 0 Å². The highest BCUT2D eigenvalue weighted by atomic mass is 16.3. The Morgan fingerprint density at radius 3 is 2.29 bits per heavy atom. The van der Waals surface area contributed by atoms with Crippen molar-refractivity contribution in [1.29, 1.82) is 0 Å². The van der Waals surface area contributed by atoms with Crippen LogP contribution in [0.25, 0.3) is 0 Å².